The minimum Gasteiger partial charge on any atom is -0.374 e. The molecule has 1 atom stereocenters. The number of carbonyl (C=O) groups excluding carboxylic acids is 2. The van der Waals surface area contributed by atoms with Gasteiger partial charge in [0.15, 0.2) is 5.78 Å². The molecule has 6 heteroatoms. The second kappa shape index (κ2) is 7.24. The molecule has 0 radical (unpaired) electrons. The maximum atomic E-state index is 13.0. The van der Waals surface area contributed by atoms with Crippen molar-refractivity contribution in [1.82, 2.24) is 0 Å². The van der Waals surface area contributed by atoms with Crippen molar-refractivity contribution in [3.05, 3.63) is 58.9 Å². The number of halogens is 2. The molecule has 1 amide bonds. The van der Waals surface area contributed by atoms with Gasteiger partial charge in [0.1, 0.15) is 11.9 Å². The fourth-order valence-electron chi connectivity index (χ4n) is 1.98. The zero-order valence-electron chi connectivity index (χ0n) is 12.7. The number of amides is 1. The lowest BCUT2D eigenvalue weighted by atomic mass is 10.1. The summed E-state index contributed by atoms with van der Waals surface area (Å²) >= 11 is 5.88. The van der Waals surface area contributed by atoms with Crippen molar-refractivity contribution >= 4 is 34.7 Å². The Bertz CT molecular complexity index is 749. The molecular formula is C17H16ClFN2O2. The van der Waals surface area contributed by atoms with Gasteiger partial charge in [-0.2, -0.15) is 0 Å². The largest absolute Gasteiger partial charge is 0.374 e. The Labute approximate surface area is 138 Å². The van der Waals surface area contributed by atoms with Crippen LogP contribution in [0.2, 0.25) is 5.02 Å². The number of carbonyl (C=O) groups is 2. The van der Waals surface area contributed by atoms with E-state index in [0.717, 1.165) is 6.07 Å². The normalized spacial score (nSPS) is 11.7. The molecule has 1 unspecified atom stereocenters. The second-order valence-electron chi connectivity index (χ2n) is 5.12. The topological polar surface area (TPSA) is 58.2 Å². The van der Waals surface area contributed by atoms with Gasteiger partial charge in [0.05, 0.1) is 10.7 Å². The average Bonchev–Trinajstić information content (AvgIpc) is 2.50. The molecule has 120 valence electrons. The van der Waals surface area contributed by atoms with Crippen LogP contribution in [0.25, 0.3) is 0 Å². The molecule has 0 aliphatic rings. The zero-order valence-corrected chi connectivity index (χ0v) is 13.4. The summed E-state index contributed by atoms with van der Waals surface area (Å²) in [6.07, 6.45) is 0. The summed E-state index contributed by atoms with van der Waals surface area (Å²) in [4.78, 5) is 23.6. The van der Waals surface area contributed by atoms with Crippen molar-refractivity contribution < 1.29 is 14.0 Å². The van der Waals surface area contributed by atoms with Crippen molar-refractivity contribution in [3.8, 4) is 0 Å². The number of ketones is 1. The summed E-state index contributed by atoms with van der Waals surface area (Å²) in [6, 6.07) is 10.1. The quantitative estimate of drug-likeness (QED) is 0.809. The van der Waals surface area contributed by atoms with E-state index in [9.17, 15) is 14.0 Å². The van der Waals surface area contributed by atoms with Crippen molar-refractivity contribution in [2.24, 2.45) is 0 Å². The Hall–Kier alpha value is -2.40. The number of anilines is 2. The fourth-order valence-corrected chi connectivity index (χ4v) is 2.19. The summed E-state index contributed by atoms with van der Waals surface area (Å²) in [6.45, 7) is 3.15. The van der Waals surface area contributed by atoms with Crippen LogP contribution in [0.4, 0.5) is 15.8 Å². The maximum Gasteiger partial charge on any atom is 0.246 e. The molecule has 0 spiro atoms. The van der Waals surface area contributed by atoms with Gasteiger partial charge in [-0.25, -0.2) is 4.39 Å². The predicted molar refractivity (Wildman–Crippen MR) is 89.6 cm³/mol. The average molecular weight is 335 g/mol. The van der Waals surface area contributed by atoms with Gasteiger partial charge in [-0.15, -0.1) is 0 Å². The van der Waals surface area contributed by atoms with Crippen molar-refractivity contribution in [2.45, 2.75) is 19.9 Å². The maximum absolute atomic E-state index is 13.0. The summed E-state index contributed by atoms with van der Waals surface area (Å²) in [5.74, 6) is -0.851. The Morgan fingerprint density at radius 1 is 1.17 bits per heavy atom. The molecular weight excluding hydrogens is 319 g/mol. The number of hydrogen-bond acceptors (Lipinski definition) is 3. The molecule has 2 aromatic carbocycles. The van der Waals surface area contributed by atoms with Crippen LogP contribution in [0, 0.1) is 5.82 Å². The lowest BCUT2D eigenvalue weighted by Gasteiger charge is -2.16. The molecule has 0 heterocycles. The van der Waals surface area contributed by atoms with E-state index in [-0.39, 0.29) is 16.7 Å². The summed E-state index contributed by atoms with van der Waals surface area (Å²) in [7, 11) is 0. The lowest BCUT2D eigenvalue weighted by molar-refractivity contribution is -0.116. The highest BCUT2D eigenvalue weighted by atomic mass is 35.5. The fraction of sp³-hybridized carbons (Fsp3) is 0.176. The number of rotatable bonds is 5. The van der Waals surface area contributed by atoms with Gasteiger partial charge in [-0.3, -0.25) is 9.59 Å². The smallest absolute Gasteiger partial charge is 0.246 e. The molecule has 0 saturated carbocycles. The first-order valence-electron chi connectivity index (χ1n) is 7.00. The van der Waals surface area contributed by atoms with E-state index >= 15 is 0 Å². The minimum absolute atomic E-state index is 0.0520. The van der Waals surface area contributed by atoms with E-state index in [1.54, 1.807) is 31.2 Å². The van der Waals surface area contributed by atoms with Gasteiger partial charge in [0.25, 0.3) is 0 Å². The monoisotopic (exact) mass is 334 g/mol. The summed E-state index contributed by atoms with van der Waals surface area (Å²) in [5.41, 5.74) is 1.55. The highest BCUT2D eigenvalue weighted by Crippen LogP contribution is 2.22. The number of benzene rings is 2. The first-order chi connectivity index (χ1) is 10.9. The molecule has 0 aliphatic carbocycles. The third-order valence-corrected chi connectivity index (χ3v) is 3.55. The van der Waals surface area contributed by atoms with E-state index in [0.29, 0.717) is 16.9 Å². The Kier molecular flexibility index (Phi) is 5.34. The van der Waals surface area contributed by atoms with Crippen molar-refractivity contribution in [3.63, 3.8) is 0 Å². The molecule has 0 saturated heterocycles. The van der Waals surface area contributed by atoms with Crippen LogP contribution in [-0.4, -0.2) is 17.7 Å². The number of Topliss-reactive ketones (excluding diaryl/α,β-unsaturated/α-hetero) is 1. The highest BCUT2D eigenvalue weighted by Gasteiger charge is 2.15. The molecule has 4 nitrogen and oxygen atoms in total. The third-order valence-electron chi connectivity index (χ3n) is 3.23. The van der Waals surface area contributed by atoms with Gasteiger partial charge in [0, 0.05) is 11.3 Å². The highest BCUT2D eigenvalue weighted by molar-refractivity contribution is 6.33. The first kappa shape index (κ1) is 17.0. The van der Waals surface area contributed by atoms with Crippen LogP contribution in [0.15, 0.2) is 42.5 Å². The van der Waals surface area contributed by atoms with Gasteiger partial charge in [-0.1, -0.05) is 23.7 Å². The van der Waals surface area contributed by atoms with Crippen LogP contribution in [0.1, 0.15) is 24.2 Å². The van der Waals surface area contributed by atoms with Crippen LogP contribution >= 0.6 is 11.6 Å². The van der Waals surface area contributed by atoms with Crippen LogP contribution in [-0.2, 0) is 4.79 Å². The molecule has 0 aliphatic heterocycles. The molecule has 2 rings (SSSR count). The predicted octanol–water partition coefficient (Wildman–Crippen LogP) is 4.12. The molecule has 2 aromatic rings. The minimum atomic E-state index is -0.571. The molecule has 0 aromatic heterocycles. The first-order valence-corrected chi connectivity index (χ1v) is 7.38. The van der Waals surface area contributed by atoms with Crippen molar-refractivity contribution in [1.29, 1.82) is 0 Å². The number of nitrogens with one attached hydrogen (secondary N) is 2. The molecule has 0 fully saturated rings. The Morgan fingerprint density at radius 3 is 2.57 bits per heavy atom. The van der Waals surface area contributed by atoms with Gasteiger partial charge < -0.3 is 10.6 Å². The SMILES string of the molecule is CC(=O)c1cccc(NC(C)C(=O)Nc2ccc(F)cc2Cl)c1. The standard InChI is InChI=1S/C17H16ClFN2O2/c1-10(20-14-5-3-4-12(8-14)11(2)22)17(23)21-16-7-6-13(19)9-15(16)18/h3-10,20H,1-2H3,(H,21,23). The third kappa shape index (κ3) is 4.53. The summed E-state index contributed by atoms with van der Waals surface area (Å²) < 4.78 is 13.0. The lowest BCUT2D eigenvalue weighted by Crippen LogP contribution is -2.32. The van der Waals surface area contributed by atoms with Gasteiger partial charge in [-0.05, 0) is 44.2 Å². The van der Waals surface area contributed by atoms with E-state index in [1.807, 2.05) is 0 Å². The van der Waals surface area contributed by atoms with E-state index < -0.39 is 11.9 Å². The van der Waals surface area contributed by atoms with Crippen LogP contribution in [0.3, 0.4) is 0 Å². The van der Waals surface area contributed by atoms with E-state index in [2.05, 4.69) is 10.6 Å². The van der Waals surface area contributed by atoms with Crippen LogP contribution < -0.4 is 10.6 Å². The van der Waals surface area contributed by atoms with E-state index in [4.69, 9.17) is 11.6 Å². The zero-order chi connectivity index (χ0) is 17.0. The van der Waals surface area contributed by atoms with Crippen molar-refractivity contribution in [2.75, 3.05) is 10.6 Å². The second-order valence-corrected chi connectivity index (χ2v) is 5.52. The molecule has 23 heavy (non-hydrogen) atoms. The van der Waals surface area contributed by atoms with Gasteiger partial charge >= 0.3 is 0 Å². The van der Waals surface area contributed by atoms with Gasteiger partial charge in [0.2, 0.25) is 5.91 Å². The molecule has 2 N–H and O–H groups in total. The van der Waals surface area contributed by atoms with Crippen LogP contribution in [0.5, 0.6) is 0 Å². The molecule has 0 bridgehead atoms. The summed E-state index contributed by atoms with van der Waals surface area (Å²) in [5, 5.41) is 5.76. The Balaban J connectivity index is 2.05. The Morgan fingerprint density at radius 2 is 1.91 bits per heavy atom. The van der Waals surface area contributed by atoms with E-state index in [1.165, 1.54) is 19.1 Å². The number of hydrogen-bond donors (Lipinski definition) is 2.